The lowest BCUT2D eigenvalue weighted by Crippen LogP contribution is -2.28. The number of hydrogen-bond acceptors (Lipinski definition) is 5. The summed E-state index contributed by atoms with van der Waals surface area (Å²) in [7, 11) is 0. The highest BCUT2D eigenvalue weighted by Gasteiger charge is 2.15. The third-order valence-corrected chi connectivity index (χ3v) is 8.25. The molecule has 0 spiro atoms. The van der Waals surface area contributed by atoms with Crippen LogP contribution in [0.25, 0.3) is 0 Å². The fraction of sp³-hybridized carbons (Fsp3) is 0.551. The minimum absolute atomic E-state index is 0.137. The third-order valence-electron chi connectivity index (χ3n) is 8.25. The zero-order valence-corrected chi connectivity index (χ0v) is 34.2. The number of carbonyl (C=O) groups excluding carboxylic acids is 2. The van der Waals surface area contributed by atoms with Gasteiger partial charge in [0.15, 0.2) is 6.10 Å². The van der Waals surface area contributed by atoms with Gasteiger partial charge in [-0.1, -0.05) is 174 Å². The standard InChI is InChI=1S/C49H76O5/c1-3-5-7-9-11-13-15-17-19-21-23-24-26-28-30-32-34-36-38-40-42-44-49(52)54-47(45-50)46-53-48(51)43-41-39-37-35-33-31-29-27-25-22-20-18-16-14-12-10-8-6-4-2/h6,8,12,14,18-21,24-27,30-33,36-39,47,50H,3-5,7,9-11,13,15-17,22-23,28-29,34-35,40-46H2,1-2H3/b8-6+,14-12+,20-18+,21-19+,26-24+,27-25+,32-30+,33-31+,38-36+,39-37+/t47-/m0/s1. The van der Waals surface area contributed by atoms with E-state index < -0.39 is 12.1 Å². The Balaban J connectivity index is 3.81. The van der Waals surface area contributed by atoms with Gasteiger partial charge in [0.25, 0.3) is 0 Å². The maximum atomic E-state index is 12.2. The molecule has 0 rings (SSSR count). The minimum atomic E-state index is -0.840. The molecule has 0 fully saturated rings. The Labute approximate surface area is 331 Å². The monoisotopic (exact) mass is 745 g/mol. The molecule has 0 saturated carbocycles. The van der Waals surface area contributed by atoms with E-state index in [2.05, 4.69) is 123 Å². The van der Waals surface area contributed by atoms with Crippen LogP contribution >= 0.6 is 0 Å². The highest BCUT2D eigenvalue weighted by atomic mass is 16.6. The molecular weight excluding hydrogens is 669 g/mol. The van der Waals surface area contributed by atoms with Crippen LogP contribution in [0.2, 0.25) is 0 Å². The second-order valence-electron chi connectivity index (χ2n) is 13.3. The van der Waals surface area contributed by atoms with Gasteiger partial charge in [0.2, 0.25) is 0 Å². The first kappa shape index (κ1) is 50.3. The molecule has 0 aliphatic rings. The van der Waals surface area contributed by atoms with Crippen LogP contribution in [0.5, 0.6) is 0 Å². The Morgan fingerprint density at radius 1 is 0.444 bits per heavy atom. The Morgan fingerprint density at radius 3 is 1.28 bits per heavy atom. The summed E-state index contributed by atoms with van der Waals surface area (Å²) in [5, 5.41) is 9.56. The van der Waals surface area contributed by atoms with Gasteiger partial charge in [-0.3, -0.25) is 9.59 Å². The molecule has 0 aliphatic carbocycles. The second kappa shape index (κ2) is 43.7. The van der Waals surface area contributed by atoms with E-state index in [1.165, 1.54) is 51.4 Å². The summed E-state index contributed by atoms with van der Waals surface area (Å²) < 4.78 is 10.5. The van der Waals surface area contributed by atoms with Gasteiger partial charge in [0.1, 0.15) is 6.61 Å². The van der Waals surface area contributed by atoms with Gasteiger partial charge in [-0.05, 0) is 89.9 Å². The van der Waals surface area contributed by atoms with Gasteiger partial charge in [0, 0.05) is 12.8 Å². The van der Waals surface area contributed by atoms with Crippen molar-refractivity contribution < 1.29 is 24.2 Å². The third kappa shape index (κ3) is 41.1. The maximum Gasteiger partial charge on any atom is 0.306 e. The molecule has 0 aromatic rings. The largest absolute Gasteiger partial charge is 0.462 e. The van der Waals surface area contributed by atoms with Crippen molar-refractivity contribution >= 4 is 11.9 Å². The molecule has 5 heteroatoms. The lowest BCUT2D eigenvalue weighted by molar-refractivity contribution is -0.161. The van der Waals surface area contributed by atoms with Crippen LogP contribution in [0, 0.1) is 0 Å². The van der Waals surface area contributed by atoms with E-state index in [-0.39, 0.29) is 32.0 Å². The van der Waals surface area contributed by atoms with Gasteiger partial charge in [-0.15, -0.1) is 0 Å². The minimum Gasteiger partial charge on any atom is -0.462 e. The Bertz CT molecular complexity index is 1160. The molecule has 0 aliphatic heterocycles. The van der Waals surface area contributed by atoms with Crippen molar-refractivity contribution in [3.8, 4) is 0 Å². The number of esters is 2. The van der Waals surface area contributed by atoms with E-state index in [0.717, 1.165) is 64.2 Å². The van der Waals surface area contributed by atoms with Crippen molar-refractivity contribution in [1.29, 1.82) is 0 Å². The summed E-state index contributed by atoms with van der Waals surface area (Å²) in [4.78, 5) is 24.3. The maximum absolute atomic E-state index is 12.2. The molecular formula is C49H76O5. The predicted octanol–water partition coefficient (Wildman–Crippen LogP) is 13.6. The summed E-state index contributed by atoms with van der Waals surface area (Å²) in [6.07, 6.45) is 64.2. The number of carbonyl (C=O) groups is 2. The van der Waals surface area contributed by atoms with E-state index in [1.54, 1.807) is 0 Å². The topological polar surface area (TPSA) is 72.8 Å². The van der Waals surface area contributed by atoms with Gasteiger partial charge < -0.3 is 14.6 Å². The molecule has 0 amide bonds. The van der Waals surface area contributed by atoms with E-state index in [1.807, 2.05) is 12.2 Å². The van der Waals surface area contributed by atoms with Crippen LogP contribution in [0.4, 0.5) is 0 Å². The Hall–Kier alpha value is -3.70. The Morgan fingerprint density at radius 2 is 0.833 bits per heavy atom. The fourth-order valence-electron chi connectivity index (χ4n) is 5.10. The molecule has 1 N–H and O–H groups in total. The van der Waals surface area contributed by atoms with Gasteiger partial charge >= 0.3 is 11.9 Å². The molecule has 0 heterocycles. The average molecular weight is 745 g/mol. The van der Waals surface area contributed by atoms with Gasteiger partial charge in [-0.2, -0.15) is 0 Å². The van der Waals surface area contributed by atoms with Gasteiger partial charge in [-0.25, -0.2) is 0 Å². The molecule has 1 atom stereocenters. The molecule has 5 nitrogen and oxygen atoms in total. The van der Waals surface area contributed by atoms with Crippen LogP contribution in [0.15, 0.2) is 122 Å². The van der Waals surface area contributed by atoms with Crippen LogP contribution in [0.1, 0.15) is 155 Å². The SMILES string of the molecule is CC/C=C/C/C=C/C/C=C/C/C=C/C/C=C/C/C=C/CCC(=O)OC[C@H](CO)OC(=O)CCC/C=C/C/C=C/C/C=C/C/C=C/CCCCCCCCC. The Kier molecular flexibility index (Phi) is 40.7. The van der Waals surface area contributed by atoms with Crippen LogP contribution in [0.3, 0.4) is 0 Å². The summed E-state index contributed by atoms with van der Waals surface area (Å²) in [5.41, 5.74) is 0. The van der Waals surface area contributed by atoms with Crippen molar-refractivity contribution in [2.75, 3.05) is 13.2 Å². The highest BCUT2D eigenvalue weighted by Crippen LogP contribution is 2.09. The summed E-state index contributed by atoms with van der Waals surface area (Å²) in [6, 6.07) is 0. The molecule has 0 aromatic heterocycles. The number of aliphatic hydroxyl groups excluding tert-OH is 1. The summed E-state index contributed by atoms with van der Waals surface area (Å²) in [5.74, 6) is -0.767. The number of allylic oxidation sites excluding steroid dienone is 20. The lowest BCUT2D eigenvalue weighted by atomic mass is 10.1. The second-order valence-corrected chi connectivity index (χ2v) is 13.3. The predicted molar refractivity (Wildman–Crippen MR) is 232 cm³/mol. The van der Waals surface area contributed by atoms with Crippen LogP contribution in [-0.4, -0.2) is 36.4 Å². The first-order valence-corrected chi connectivity index (χ1v) is 21.1. The van der Waals surface area contributed by atoms with Crippen molar-refractivity contribution in [1.82, 2.24) is 0 Å². The highest BCUT2D eigenvalue weighted by molar-refractivity contribution is 5.70. The number of aliphatic hydroxyl groups is 1. The number of ether oxygens (including phenoxy) is 2. The number of unbranched alkanes of at least 4 members (excludes halogenated alkanes) is 8. The smallest absolute Gasteiger partial charge is 0.306 e. The molecule has 0 saturated heterocycles. The van der Waals surface area contributed by atoms with Crippen molar-refractivity contribution in [3.63, 3.8) is 0 Å². The average Bonchev–Trinajstić information content (AvgIpc) is 3.17. The van der Waals surface area contributed by atoms with Crippen molar-refractivity contribution in [2.45, 2.75) is 161 Å². The molecule has 0 aromatic carbocycles. The lowest BCUT2D eigenvalue weighted by Gasteiger charge is -2.15. The summed E-state index contributed by atoms with van der Waals surface area (Å²) in [6.45, 7) is 3.89. The number of hydrogen-bond donors (Lipinski definition) is 1. The molecule has 0 unspecified atom stereocenters. The van der Waals surface area contributed by atoms with E-state index in [4.69, 9.17) is 9.47 Å². The normalized spacial score (nSPS) is 13.5. The number of rotatable bonds is 36. The fourth-order valence-corrected chi connectivity index (χ4v) is 5.10. The van der Waals surface area contributed by atoms with Crippen LogP contribution < -0.4 is 0 Å². The zero-order valence-electron chi connectivity index (χ0n) is 34.2. The summed E-state index contributed by atoms with van der Waals surface area (Å²) >= 11 is 0. The molecule has 0 bridgehead atoms. The van der Waals surface area contributed by atoms with Gasteiger partial charge in [0.05, 0.1) is 6.61 Å². The van der Waals surface area contributed by atoms with E-state index in [0.29, 0.717) is 12.8 Å². The molecule has 302 valence electrons. The quantitative estimate of drug-likeness (QED) is 0.0393. The van der Waals surface area contributed by atoms with E-state index in [9.17, 15) is 14.7 Å². The van der Waals surface area contributed by atoms with Crippen molar-refractivity contribution in [2.24, 2.45) is 0 Å². The molecule has 54 heavy (non-hydrogen) atoms. The molecule has 0 radical (unpaired) electrons. The first-order chi connectivity index (χ1) is 26.6. The zero-order chi connectivity index (χ0) is 39.3. The van der Waals surface area contributed by atoms with Crippen molar-refractivity contribution in [3.05, 3.63) is 122 Å². The van der Waals surface area contributed by atoms with E-state index >= 15 is 0 Å². The van der Waals surface area contributed by atoms with Crippen LogP contribution in [-0.2, 0) is 19.1 Å². The first-order valence-electron chi connectivity index (χ1n) is 21.1.